The minimum atomic E-state index is -0.673. The van der Waals surface area contributed by atoms with Gasteiger partial charge in [-0.25, -0.2) is 4.79 Å². The van der Waals surface area contributed by atoms with Crippen molar-refractivity contribution in [2.45, 2.75) is 64.6 Å². The van der Waals surface area contributed by atoms with Crippen LogP contribution in [0.25, 0.3) is 0 Å². The highest BCUT2D eigenvalue weighted by Gasteiger charge is 2.39. The lowest BCUT2D eigenvalue weighted by molar-refractivity contribution is -0.136. The summed E-state index contributed by atoms with van der Waals surface area (Å²) in [6.45, 7) is 7.89. The first-order valence-electron chi connectivity index (χ1n) is 12.6. The minimum absolute atomic E-state index is 0.204. The van der Waals surface area contributed by atoms with E-state index in [-0.39, 0.29) is 24.8 Å². The smallest absolute Gasteiger partial charge is 0.410 e. The molecule has 2 aliphatic heterocycles. The molecule has 1 aromatic carbocycles. The monoisotopic (exact) mass is 512 g/mol. The van der Waals surface area contributed by atoms with Crippen molar-refractivity contribution in [3.8, 4) is 11.8 Å². The highest BCUT2D eigenvalue weighted by atomic mass is 16.6. The van der Waals surface area contributed by atoms with E-state index in [9.17, 15) is 19.2 Å². The van der Waals surface area contributed by atoms with Gasteiger partial charge in [-0.2, -0.15) is 0 Å². The molecular weight excluding hydrogens is 476 g/mol. The van der Waals surface area contributed by atoms with Crippen LogP contribution >= 0.6 is 0 Å². The molecule has 10 nitrogen and oxygen atoms in total. The number of nitrogens with zero attached hydrogens (tertiary/aromatic N) is 2. The van der Waals surface area contributed by atoms with Gasteiger partial charge in [0.2, 0.25) is 11.8 Å². The second-order valence-electron chi connectivity index (χ2n) is 10.0. The predicted molar refractivity (Wildman–Crippen MR) is 136 cm³/mol. The number of carbonyl (C=O) groups is 4. The number of benzene rings is 1. The largest absolute Gasteiger partial charge is 0.444 e. The van der Waals surface area contributed by atoms with Crippen molar-refractivity contribution < 1.29 is 28.7 Å². The van der Waals surface area contributed by atoms with Crippen molar-refractivity contribution in [3.05, 3.63) is 34.9 Å². The molecule has 3 N–H and O–H groups in total. The second-order valence-corrected chi connectivity index (χ2v) is 10.0. The van der Waals surface area contributed by atoms with E-state index in [0.29, 0.717) is 56.8 Å². The van der Waals surface area contributed by atoms with Crippen molar-refractivity contribution in [2.75, 3.05) is 32.8 Å². The number of rotatable bonds is 9. The zero-order valence-electron chi connectivity index (χ0n) is 21.8. The van der Waals surface area contributed by atoms with Crippen LogP contribution in [0, 0.1) is 11.8 Å². The molecule has 1 unspecified atom stereocenters. The van der Waals surface area contributed by atoms with Crippen LogP contribution in [0.5, 0.6) is 0 Å². The zero-order chi connectivity index (χ0) is 27.0. The number of nitrogens with two attached hydrogens (primary N) is 1. The first-order valence-corrected chi connectivity index (χ1v) is 12.6. The molecular formula is C27H36N4O6. The maximum Gasteiger partial charge on any atom is 0.410 e. The summed E-state index contributed by atoms with van der Waals surface area (Å²) >= 11 is 0. The Labute approximate surface area is 217 Å². The fourth-order valence-electron chi connectivity index (χ4n) is 4.13. The summed E-state index contributed by atoms with van der Waals surface area (Å²) in [5.41, 5.74) is 6.85. The quantitative estimate of drug-likeness (QED) is 0.293. The summed E-state index contributed by atoms with van der Waals surface area (Å²) in [6, 6.07) is 4.65. The van der Waals surface area contributed by atoms with E-state index in [1.807, 2.05) is 26.8 Å². The molecule has 2 aliphatic rings. The molecule has 0 saturated carbocycles. The van der Waals surface area contributed by atoms with Gasteiger partial charge in [0.15, 0.2) is 0 Å². The lowest BCUT2D eigenvalue weighted by Gasteiger charge is -2.29. The van der Waals surface area contributed by atoms with Crippen molar-refractivity contribution >= 4 is 23.8 Å². The lowest BCUT2D eigenvalue weighted by atomic mass is 10.0. The van der Waals surface area contributed by atoms with E-state index in [0.717, 1.165) is 12.0 Å². The normalized spacial score (nSPS) is 17.1. The third-order valence-electron chi connectivity index (χ3n) is 5.96. The van der Waals surface area contributed by atoms with Crippen LogP contribution in [0.4, 0.5) is 4.79 Å². The number of fused-ring (bicyclic) bond motifs is 1. The summed E-state index contributed by atoms with van der Waals surface area (Å²) in [6.07, 6.45) is 1.24. The maximum atomic E-state index is 13.0. The maximum absolute atomic E-state index is 13.0. The van der Waals surface area contributed by atoms with Crippen LogP contribution in [0.3, 0.4) is 0 Å². The summed E-state index contributed by atoms with van der Waals surface area (Å²) in [4.78, 5) is 52.5. The third kappa shape index (κ3) is 7.78. The third-order valence-corrected chi connectivity index (χ3v) is 5.96. The number of nitrogens with one attached hydrogen (secondary N) is 1. The van der Waals surface area contributed by atoms with Crippen LogP contribution in [0.2, 0.25) is 0 Å². The minimum Gasteiger partial charge on any atom is -0.444 e. The zero-order valence-corrected chi connectivity index (χ0v) is 21.8. The standard InChI is InChI=1S/C27H36N4O6/c1-27(2,3)37-26(35)30(15-17-36-16-7-13-28)14-5-4-8-19-9-6-10-20-21(19)18-31(25(20)34)22-11-12-23(32)29-24(22)33/h6,9-10,22H,5,7,11-18,28H2,1-3H3,(H,29,32,33). The summed E-state index contributed by atoms with van der Waals surface area (Å²) in [5.74, 6) is 5.23. The van der Waals surface area contributed by atoms with Crippen LogP contribution in [0.15, 0.2) is 18.2 Å². The van der Waals surface area contributed by atoms with Crippen molar-refractivity contribution in [2.24, 2.45) is 5.73 Å². The topological polar surface area (TPSA) is 131 Å². The van der Waals surface area contributed by atoms with E-state index in [1.165, 1.54) is 4.90 Å². The number of amides is 4. The first-order chi connectivity index (χ1) is 17.6. The molecule has 0 spiro atoms. The van der Waals surface area contributed by atoms with E-state index in [1.54, 1.807) is 17.0 Å². The fraction of sp³-hybridized carbons (Fsp3) is 0.556. The van der Waals surface area contributed by atoms with Crippen molar-refractivity contribution in [1.82, 2.24) is 15.1 Å². The first kappa shape index (κ1) is 28.2. The summed E-state index contributed by atoms with van der Waals surface area (Å²) in [7, 11) is 0. The molecule has 10 heteroatoms. The van der Waals surface area contributed by atoms with Gasteiger partial charge < -0.3 is 25.0 Å². The molecule has 1 aromatic rings. The van der Waals surface area contributed by atoms with Gasteiger partial charge in [-0.1, -0.05) is 17.9 Å². The number of hydrogen-bond acceptors (Lipinski definition) is 7. The van der Waals surface area contributed by atoms with Crippen LogP contribution < -0.4 is 11.1 Å². The molecule has 3 rings (SSSR count). The second kappa shape index (κ2) is 12.7. The molecule has 0 bridgehead atoms. The highest BCUT2D eigenvalue weighted by molar-refractivity contribution is 6.05. The average Bonchev–Trinajstić information content (AvgIpc) is 3.16. The van der Waals surface area contributed by atoms with Crippen LogP contribution in [-0.4, -0.2) is 78.1 Å². The molecule has 200 valence electrons. The van der Waals surface area contributed by atoms with Crippen LogP contribution in [-0.2, 0) is 25.6 Å². The Kier molecular flexibility index (Phi) is 9.66. The summed E-state index contributed by atoms with van der Waals surface area (Å²) < 4.78 is 11.1. The SMILES string of the molecule is CC(C)(C)OC(=O)N(CCC#Cc1cccc2c1CN(C1CCC(=O)NC1=O)C2=O)CCOCCCN. The molecule has 4 amide bonds. The van der Waals surface area contributed by atoms with Gasteiger partial charge in [0.25, 0.3) is 5.91 Å². The Hall–Kier alpha value is -3.42. The average molecular weight is 513 g/mol. The number of piperidine rings is 1. The van der Waals surface area contributed by atoms with Gasteiger partial charge in [-0.05, 0) is 57.9 Å². The Morgan fingerprint density at radius 2 is 2.00 bits per heavy atom. The number of hydrogen-bond donors (Lipinski definition) is 2. The molecule has 1 saturated heterocycles. The molecule has 0 aliphatic carbocycles. The van der Waals surface area contributed by atoms with Gasteiger partial charge in [-0.3, -0.25) is 19.7 Å². The Bertz CT molecular complexity index is 1080. The predicted octanol–water partition coefficient (Wildman–Crippen LogP) is 1.79. The molecule has 1 fully saturated rings. The molecule has 2 heterocycles. The van der Waals surface area contributed by atoms with Crippen molar-refractivity contribution in [3.63, 3.8) is 0 Å². The summed E-state index contributed by atoms with van der Waals surface area (Å²) in [5, 5.41) is 2.31. The van der Waals surface area contributed by atoms with Gasteiger partial charge in [-0.15, -0.1) is 0 Å². The number of imide groups is 1. The molecule has 0 aromatic heterocycles. The molecule has 0 radical (unpaired) electrons. The van der Waals surface area contributed by atoms with E-state index >= 15 is 0 Å². The van der Waals surface area contributed by atoms with E-state index < -0.39 is 23.6 Å². The van der Waals surface area contributed by atoms with Gasteiger partial charge in [0.05, 0.1) is 6.61 Å². The van der Waals surface area contributed by atoms with Crippen LogP contribution in [0.1, 0.15) is 67.9 Å². The lowest BCUT2D eigenvalue weighted by Crippen LogP contribution is -2.52. The fourth-order valence-corrected chi connectivity index (χ4v) is 4.13. The Morgan fingerprint density at radius 1 is 1.22 bits per heavy atom. The Balaban J connectivity index is 1.64. The number of carbonyl (C=O) groups excluding carboxylic acids is 4. The number of ether oxygens (including phenoxy) is 2. The van der Waals surface area contributed by atoms with Gasteiger partial charge in [0, 0.05) is 50.2 Å². The Morgan fingerprint density at radius 3 is 2.70 bits per heavy atom. The van der Waals surface area contributed by atoms with Gasteiger partial charge >= 0.3 is 6.09 Å². The highest BCUT2D eigenvalue weighted by Crippen LogP contribution is 2.29. The van der Waals surface area contributed by atoms with E-state index in [2.05, 4.69) is 17.2 Å². The molecule has 37 heavy (non-hydrogen) atoms. The molecule has 1 atom stereocenters. The van der Waals surface area contributed by atoms with Gasteiger partial charge in [0.1, 0.15) is 11.6 Å². The van der Waals surface area contributed by atoms with Crippen molar-refractivity contribution in [1.29, 1.82) is 0 Å². The van der Waals surface area contributed by atoms with E-state index in [4.69, 9.17) is 15.2 Å².